The summed E-state index contributed by atoms with van der Waals surface area (Å²) in [4.78, 5) is 21.6. The van der Waals surface area contributed by atoms with Crippen LogP contribution in [0.3, 0.4) is 0 Å². The third-order valence-electron chi connectivity index (χ3n) is 5.61. The molecule has 2 heterocycles. The van der Waals surface area contributed by atoms with Crippen molar-refractivity contribution in [3.63, 3.8) is 0 Å². The Balaban J connectivity index is 1.22. The number of carbonyl (C=O) groups excluding carboxylic acids is 1. The van der Waals surface area contributed by atoms with Crippen molar-refractivity contribution in [2.24, 2.45) is 0 Å². The van der Waals surface area contributed by atoms with E-state index in [0.717, 1.165) is 17.1 Å². The first-order valence-electron chi connectivity index (χ1n) is 11.6. The maximum Gasteiger partial charge on any atom is 0.255 e. The van der Waals surface area contributed by atoms with Crippen molar-refractivity contribution in [3.05, 3.63) is 120 Å². The van der Waals surface area contributed by atoms with Crippen molar-refractivity contribution in [1.82, 2.24) is 14.5 Å². The van der Waals surface area contributed by atoms with Crippen LogP contribution in [0.15, 0.2) is 103 Å². The number of anilines is 5. The second-order valence-corrected chi connectivity index (χ2v) is 8.47. The summed E-state index contributed by atoms with van der Waals surface area (Å²) >= 11 is 0. The molecule has 5 rings (SSSR count). The number of amides is 1. The van der Waals surface area contributed by atoms with Crippen molar-refractivity contribution < 1.29 is 4.79 Å². The molecule has 5 aromatic rings. The summed E-state index contributed by atoms with van der Waals surface area (Å²) in [6, 6.07) is 28.9. The van der Waals surface area contributed by atoms with Gasteiger partial charge in [0, 0.05) is 46.8 Å². The Labute approximate surface area is 209 Å². The Bertz CT molecular complexity index is 1460. The van der Waals surface area contributed by atoms with E-state index in [1.54, 1.807) is 0 Å². The van der Waals surface area contributed by atoms with Gasteiger partial charge in [0.25, 0.3) is 5.91 Å². The lowest BCUT2D eigenvalue weighted by molar-refractivity contribution is 0.102. The first-order chi connectivity index (χ1) is 17.5. The molecule has 3 aromatic carbocycles. The minimum absolute atomic E-state index is 0.159. The molecule has 7 nitrogen and oxygen atoms in total. The van der Waals surface area contributed by atoms with Crippen LogP contribution in [0, 0.1) is 13.8 Å². The summed E-state index contributed by atoms with van der Waals surface area (Å²) in [6.45, 7) is 3.91. The minimum Gasteiger partial charge on any atom is -0.340 e. The van der Waals surface area contributed by atoms with Crippen LogP contribution in [0.1, 0.15) is 21.7 Å². The fraction of sp³-hybridized carbons (Fsp3) is 0.0690. The third kappa shape index (κ3) is 5.59. The molecule has 0 aliphatic rings. The molecule has 1 amide bonds. The number of aromatic nitrogens is 3. The van der Waals surface area contributed by atoms with Gasteiger partial charge in [-0.15, -0.1) is 0 Å². The number of hydrogen-bond donors (Lipinski definition) is 3. The predicted molar refractivity (Wildman–Crippen MR) is 145 cm³/mol. The molecule has 7 heteroatoms. The average Bonchev–Trinajstić information content (AvgIpc) is 3.42. The highest BCUT2D eigenvalue weighted by Crippen LogP contribution is 2.22. The van der Waals surface area contributed by atoms with Crippen molar-refractivity contribution in [2.45, 2.75) is 13.8 Å². The number of nitrogens with zero attached hydrogens (tertiary/aromatic N) is 3. The average molecular weight is 475 g/mol. The number of aryl methyl sites for hydroxylation is 2. The second kappa shape index (κ2) is 10.1. The zero-order chi connectivity index (χ0) is 24.9. The lowest BCUT2D eigenvalue weighted by atomic mass is 10.2. The number of rotatable bonds is 7. The van der Waals surface area contributed by atoms with E-state index >= 15 is 0 Å². The minimum atomic E-state index is -0.159. The van der Waals surface area contributed by atoms with Gasteiger partial charge >= 0.3 is 0 Å². The third-order valence-corrected chi connectivity index (χ3v) is 5.61. The predicted octanol–water partition coefficient (Wildman–Crippen LogP) is 6.62. The summed E-state index contributed by atoms with van der Waals surface area (Å²) in [5, 5.41) is 9.57. The monoisotopic (exact) mass is 474 g/mol. The zero-order valence-electron chi connectivity index (χ0n) is 20.1. The van der Waals surface area contributed by atoms with Gasteiger partial charge in [-0.3, -0.25) is 4.79 Å². The van der Waals surface area contributed by atoms with Crippen LogP contribution in [0.2, 0.25) is 0 Å². The van der Waals surface area contributed by atoms with Crippen LogP contribution in [-0.4, -0.2) is 20.4 Å². The van der Waals surface area contributed by atoms with Gasteiger partial charge in [-0.25, -0.2) is 9.97 Å². The van der Waals surface area contributed by atoms with Gasteiger partial charge in [-0.05, 0) is 86.6 Å². The lowest BCUT2D eigenvalue weighted by Gasteiger charge is -2.11. The van der Waals surface area contributed by atoms with Gasteiger partial charge in [0.2, 0.25) is 0 Å². The smallest absolute Gasteiger partial charge is 0.255 e. The van der Waals surface area contributed by atoms with E-state index in [4.69, 9.17) is 0 Å². The molecule has 0 fully saturated rings. The Morgan fingerprint density at radius 1 is 0.694 bits per heavy atom. The molecule has 0 spiro atoms. The van der Waals surface area contributed by atoms with Crippen molar-refractivity contribution in [2.75, 3.05) is 16.0 Å². The van der Waals surface area contributed by atoms with Gasteiger partial charge < -0.3 is 20.5 Å². The molecule has 178 valence electrons. The fourth-order valence-electron chi connectivity index (χ4n) is 3.76. The van der Waals surface area contributed by atoms with E-state index in [0.29, 0.717) is 28.7 Å². The van der Waals surface area contributed by atoms with E-state index in [1.165, 1.54) is 5.56 Å². The summed E-state index contributed by atoms with van der Waals surface area (Å²) in [6.07, 6.45) is 3.93. The zero-order valence-corrected chi connectivity index (χ0v) is 20.1. The molecule has 0 saturated carbocycles. The van der Waals surface area contributed by atoms with Crippen LogP contribution < -0.4 is 16.0 Å². The molecule has 36 heavy (non-hydrogen) atoms. The summed E-state index contributed by atoms with van der Waals surface area (Å²) in [5.41, 5.74) is 5.32. The summed E-state index contributed by atoms with van der Waals surface area (Å²) in [7, 11) is 0. The van der Waals surface area contributed by atoms with Gasteiger partial charge in [-0.1, -0.05) is 17.7 Å². The van der Waals surface area contributed by atoms with Crippen molar-refractivity contribution in [1.29, 1.82) is 0 Å². The SMILES string of the molecule is Cc1ccc(Nc2cc(Nc3ccc(NC(=O)c4ccc(-n5cccc5)cc4)cc3)nc(C)n2)cc1. The molecule has 0 atom stereocenters. The molecular weight excluding hydrogens is 448 g/mol. The Morgan fingerprint density at radius 2 is 1.22 bits per heavy atom. The maximum atomic E-state index is 12.7. The summed E-state index contributed by atoms with van der Waals surface area (Å²) in [5.74, 6) is 1.88. The van der Waals surface area contributed by atoms with Crippen LogP contribution in [0.4, 0.5) is 28.7 Å². The molecule has 0 saturated heterocycles. The molecular formula is C29H26N6O. The topological polar surface area (TPSA) is 83.9 Å². The molecule has 0 bridgehead atoms. The molecule has 0 aliphatic heterocycles. The molecule has 0 aliphatic carbocycles. The van der Waals surface area contributed by atoms with E-state index in [-0.39, 0.29) is 5.91 Å². The largest absolute Gasteiger partial charge is 0.340 e. The van der Waals surface area contributed by atoms with Crippen LogP contribution in [0.5, 0.6) is 0 Å². The molecule has 2 aromatic heterocycles. The summed E-state index contributed by atoms with van der Waals surface area (Å²) < 4.78 is 1.99. The van der Waals surface area contributed by atoms with Gasteiger partial charge in [-0.2, -0.15) is 0 Å². The lowest BCUT2D eigenvalue weighted by Crippen LogP contribution is -2.11. The van der Waals surface area contributed by atoms with E-state index in [1.807, 2.05) is 103 Å². The normalized spacial score (nSPS) is 10.6. The number of carbonyl (C=O) groups is 1. The maximum absolute atomic E-state index is 12.7. The highest BCUT2D eigenvalue weighted by atomic mass is 16.1. The number of nitrogens with one attached hydrogen (secondary N) is 3. The number of benzene rings is 3. The molecule has 0 unspecified atom stereocenters. The highest BCUT2D eigenvalue weighted by molar-refractivity contribution is 6.04. The van der Waals surface area contributed by atoms with Gasteiger partial charge in [0.1, 0.15) is 17.5 Å². The van der Waals surface area contributed by atoms with E-state index < -0.39 is 0 Å². The van der Waals surface area contributed by atoms with Crippen LogP contribution in [0.25, 0.3) is 5.69 Å². The fourth-order valence-corrected chi connectivity index (χ4v) is 3.76. The first kappa shape index (κ1) is 22.9. The van der Waals surface area contributed by atoms with Crippen LogP contribution in [-0.2, 0) is 0 Å². The second-order valence-electron chi connectivity index (χ2n) is 8.47. The highest BCUT2D eigenvalue weighted by Gasteiger charge is 2.08. The Hall–Kier alpha value is -4.91. The standard InChI is InChI=1S/C29H26N6O/c1-20-5-9-23(10-6-20)32-27-19-28(31-21(2)30-27)33-24-11-13-25(14-12-24)34-29(36)22-7-15-26(16-8-22)35-17-3-4-18-35/h3-19H,1-2H3,(H,34,36)(H2,30,31,32,33). The van der Waals surface area contributed by atoms with E-state index in [2.05, 4.69) is 45.0 Å². The molecule has 3 N–H and O–H groups in total. The molecule has 0 radical (unpaired) electrons. The van der Waals surface area contributed by atoms with Crippen molar-refractivity contribution >= 4 is 34.6 Å². The quantitative estimate of drug-likeness (QED) is 0.247. The Morgan fingerprint density at radius 3 is 1.81 bits per heavy atom. The van der Waals surface area contributed by atoms with Gasteiger partial charge in [0.15, 0.2) is 0 Å². The van der Waals surface area contributed by atoms with Crippen molar-refractivity contribution in [3.8, 4) is 5.69 Å². The van der Waals surface area contributed by atoms with Crippen LogP contribution >= 0.6 is 0 Å². The number of hydrogen-bond acceptors (Lipinski definition) is 5. The van der Waals surface area contributed by atoms with E-state index in [9.17, 15) is 4.79 Å². The Kier molecular flexibility index (Phi) is 6.44. The first-order valence-corrected chi connectivity index (χ1v) is 11.6. The van der Waals surface area contributed by atoms with Gasteiger partial charge in [0.05, 0.1) is 0 Å².